The molecule has 15 heavy (non-hydrogen) atoms. The minimum Gasteiger partial charge on any atom is -0.478 e. The number of rotatable bonds is 3. The smallest absolute Gasteiger partial charge is 0.410 e. The third-order valence-corrected chi connectivity index (χ3v) is 2.44. The maximum Gasteiger partial charge on any atom is 0.410 e. The van der Waals surface area contributed by atoms with Gasteiger partial charge in [-0.05, 0) is 12.8 Å². The highest BCUT2D eigenvalue weighted by Gasteiger charge is 2.29. The minimum atomic E-state index is -1.09. The van der Waals surface area contributed by atoms with Gasteiger partial charge in [0.1, 0.15) is 0 Å². The van der Waals surface area contributed by atoms with Gasteiger partial charge in [-0.15, -0.1) is 0 Å². The fourth-order valence-corrected chi connectivity index (χ4v) is 1.55. The van der Waals surface area contributed by atoms with Crippen molar-refractivity contribution in [3.8, 4) is 0 Å². The molecule has 86 valence electrons. The molecule has 1 heterocycles. The summed E-state index contributed by atoms with van der Waals surface area (Å²) in [5, 5.41) is 8.84. The molecule has 1 N–H and O–H groups in total. The van der Waals surface area contributed by atoms with Gasteiger partial charge in [0.15, 0.2) is 0 Å². The molecule has 5 heteroatoms. The second-order valence-electron chi connectivity index (χ2n) is 4.08. The van der Waals surface area contributed by atoms with Gasteiger partial charge >= 0.3 is 12.1 Å². The summed E-state index contributed by atoms with van der Waals surface area (Å²) in [6.07, 6.45) is 0.384. The molecule has 0 unspecified atom stereocenters. The van der Waals surface area contributed by atoms with Crippen LogP contribution in [0.1, 0.15) is 26.7 Å². The monoisotopic (exact) mass is 215 g/mol. The SMILES string of the molecule is CC(C)[C@H](OC(=O)N1CCCC1)C(=O)O. The molecule has 0 saturated carbocycles. The standard InChI is InChI=1S/C10H17NO4/c1-7(2)8(9(12)13)15-10(14)11-5-3-4-6-11/h7-8H,3-6H2,1-2H3,(H,12,13)/t8-/m0/s1. The summed E-state index contributed by atoms with van der Waals surface area (Å²) in [7, 11) is 0. The Balaban J connectivity index is 2.50. The van der Waals surface area contributed by atoms with E-state index in [2.05, 4.69) is 0 Å². The van der Waals surface area contributed by atoms with Crippen molar-refractivity contribution >= 4 is 12.1 Å². The lowest BCUT2D eigenvalue weighted by Gasteiger charge is -2.21. The molecule has 1 fully saturated rings. The number of carbonyl (C=O) groups is 2. The Labute approximate surface area is 89.0 Å². The zero-order valence-electron chi connectivity index (χ0n) is 9.10. The number of carboxylic acids is 1. The quantitative estimate of drug-likeness (QED) is 0.771. The normalized spacial score (nSPS) is 17.9. The third kappa shape index (κ3) is 3.11. The first-order chi connectivity index (χ1) is 7.02. The fourth-order valence-electron chi connectivity index (χ4n) is 1.55. The minimum absolute atomic E-state index is 0.214. The molecular formula is C10H17NO4. The average molecular weight is 215 g/mol. The molecule has 1 aliphatic rings. The van der Waals surface area contributed by atoms with E-state index >= 15 is 0 Å². The summed E-state index contributed by atoms with van der Waals surface area (Å²) in [5.41, 5.74) is 0. The van der Waals surface area contributed by atoms with Crippen LogP contribution in [-0.4, -0.2) is 41.3 Å². The number of ether oxygens (including phenoxy) is 1. The lowest BCUT2D eigenvalue weighted by Crippen LogP contribution is -2.37. The van der Waals surface area contributed by atoms with Crippen molar-refractivity contribution in [2.45, 2.75) is 32.8 Å². The molecular weight excluding hydrogens is 198 g/mol. The van der Waals surface area contributed by atoms with E-state index in [4.69, 9.17) is 9.84 Å². The largest absolute Gasteiger partial charge is 0.478 e. The molecule has 0 aromatic heterocycles. The van der Waals surface area contributed by atoms with E-state index in [0.29, 0.717) is 13.1 Å². The number of hydrogen-bond donors (Lipinski definition) is 1. The van der Waals surface area contributed by atoms with Crippen molar-refractivity contribution in [1.29, 1.82) is 0 Å². The van der Waals surface area contributed by atoms with E-state index in [0.717, 1.165) is 12.8 Å². The number of aliphatic carboxylic acids is 1. The van der Waals surface area contributed by atoms with Crippen LogP contribution in [0.2, 0.25) is 0 Å². The first-order valence-corrected chi connectivity index (χ1v) is 5.20. The van der Waals surface area contributed by atoms with Crippen LogP contribution in [0, 0.1) is 5.92 Å². The predicted octanol–water partition coefficient (Wildman–Crippen LogP) is 1.33. The van der Waals surface area contributed by atoms with Gasteiger partial charge in [-0.25, -0.2) is 9.59 Å². The summed E-state index contributed by atoms with van der Waals surface area (Å²) < 4.78 is 4.94. The van der Waals surface area contributed by atoms with Crippen molar-refractivity contribution in [2.75, 3.05) is 13.1 Å². The molecule has 0 spiro atoms. The highest BCUT2D eigenvalue weighted by atomic mass is 16.6. The summed E-state index contributed by atoms with van der Waals surface area (Å²) in [6.45, 7) is 4.78. The molecule has 1 atom stereocenters. The average Bonchev–Trinajstić information content (AvgIpc) is 2.65. The molecule has 1 amide bonds. The van der Waals surface area contributed by atoms with Crippen molar-refractivity contribution in [1.82, 2.24) is 4.90 Å². The molecule has 0 aromatic rings. The Bertz CT molecular complexity index is 246. The Morgan fingerprint density at radius 3 is 2.20 bits per heavy atom. The van der Waals surface area contributed by atoms with E-state index < -0.39 is 18.2 Å². The first-order valence-electron chi connectivity index (χ1n) is 5.20. The molecule has 0 bridgehead atoms. The van der Waals surface area contributed by atoms with Crippen LogP contribution in [0.15, 0.2) is 0 Å². The molecule has 5 nitrogen and oxygen atoms in total. The van der Waals surface area contributed by atoms with Crippen LogP contribution in [0.25, 0.3) is 0 Å². The number of hydrogen-bond acceptors (Lipinski definition) is 3. The zero-order chi connectivity index (χ0) is 11.4. The highest BCUT2D eigenvalue weighted by Crippen LogP contribution is 2.13. The lowest BCUT2D eigenvalue weighted by molar-refractivity contribution is -0.149. The van der Waals surface area contributed by atoms with Crippen LogP contribution < -0.4 is 0 Å². The van der Waals surface area contributed by atoms with Gasteiger partial charge in [-0.1, -0.05) is 13.8 Å². The van der Waals surface area contributed by atoms with Crippen LogP contribution in [0.5, 0.6) is 0 Å². The number of carbonyl (C=O) groups excluding carboxylic acids is 1. The van der Waals surface area contributed by atoms with Gasteiger partial charge in [0, 0.05) is 19.0 Å². The second-order valence-corrected chi connectivity index (χ2v) is 4.08. The van der Waals surface area contributed by atoms with Crippen molar-refractivity contribution < 1.29 is 19.4 Å². The van der Waals surface area contributed by atoms with Gasteiger partial charge in [0.25, 0.3) is 0 Å². The van der Waals surface area contributed by atoms with Gasteiger partial charge in [0.2, 0.25) is 6.10 Å². The van der Waals surface area contributed by atoms with Gasteiger partial charge in [-0.3, -0.25) is 0 Å². The number of carboxylic acid groups (broad SMARTS) is 1. The van der Waals surface area contributed by atoms with Crippen LogP contribution >= 0.6 is 0 Å². The second kappa shape index (κ2) is 5.00. The zero-order valence-corrected chi connectivity index (χ0v) is 9.10. The molecule has 0 aromatic carbocycles. The van der Waals surface area contributed by atoms with Gasteiger partial charge < -0.3 is 14.7 Å². The Hall–Kier alpha value is -1.26. The number of nitrogens with zero attached hydrogens (tertiary/aromatic N) is 1. The highest BCUT2D eigenvalue weighted by molar-refractivity contribution is 5.77. The summed E-state index contributed by atoms with van der Waals surface area (Å²) >= 11 is 0. The Kier molecular flexibility index (Phi) is 3.94. The van der Waals surface area contributed by atoms with Crippen molar-refractivity contribution in [3.63, 3.8) is 0 Å². The summed E-state index contributed by atoms with van der Waals surface area (Å²) in [5.74, 6) is -1.30. The lowest BCUT2D eigenvalue weighted by atomic mass is 10.1. The maximum atomic E-state index is 11.5. The van der Waals surface area contributed by atoms with Crippen molar-refractivity contribution in [2.24, 2.45) is 5.92 Å². The van der Waals surface area contributed by atoms with Crippen LogP contribution in [0.3, 0.4) is 0 Å². The van der Waals surface area contributed by atoms with E-state index in [1.807, 2.05) is 0 Å². The molecule has 0 aliphatic carbocycles. The van der Waals surface area contributed by atoms with Crippen molar-refractivity contribution in [3.05, 3.63) is 0 Å². The van der Waals surface area contributed by atoms with E-state index in [-0.39, 0.29) is 5.92 Å². The van der Waals surface area contributed by atoms with E-state index in [9.17, 15) is 9.59 Å². The van der Waals surface area contributed by atoms with Gasteiger partial charge in [-0.2, -0.15) is 0 Å². The Morgan fingerprint density at radius 2 is 1.80 bits per heavy atom. The van der Waals surface area contributed by atoms with Gasteiger partial charge in [0.05, 0.1) is 0 Å². The molecule has 1 saturated heterocycles. The predicted molar refractivity (Wildman–Crippen MR) is 53.5 cm³/mol. The number of likely N-dealkylation sites (tertiary alicyclic amines) is 1. The molecule has 1 rings (SSSR count). The summed E-state index contributed by atoms with van der Waals surface area (Å²) in [4.78, 5) is 23.9. The maximum absolute atomic E-state index is 11.5. The molecule has 0 radical (unpaired) electrons. The summed E-state index contributed by atoms with van der Waals surface area (Å²) in [6, 6.07) is 0. The van der Waals surface area contributed by atoms with E-state index in [1.54, 1.807) is 18.7 Å². The first kappa shape index (κ1) is 11.8. The molecule has 1 aliphatic heterocycles. The van der Waals surface area contributed by atoms with E-state index in [1.165, 1.54) is 0 Å². The van der Waals surface area contributed by atoms with Crippen LogP contribution in [-0.2, 0) is 9.53 Å². The number of amides is 1. The van der Waals surface area contributed by atoms with Crippen LogP contribution in [0.4, 0.5) is 4.79 Å². The third-order valence-electron chi connectivity index (χ3n) is 2.44. The fraction of sp³-hybridized carbons (Fsp3) is 0.800. The topological polar surface area (TPSA) is 66.8 Å². The Morgan fingerprint density at radius 1 is 1.27 bits per heavy atom.